The van der Waals surface area contributed by atoms with Crippen LogP contribution in [0, 0.1) is 16.0 Å². The van der Waals surface area contributed by atoms with Gasteiger partial charge in [0.25, 0.3) is 5.09 Å². The lowest BCUT2D eigenvalue weighted by Crippen LogP contribution is -2.36. The number of hydrogen-bond acceptors (Lipinski definition) is 7. The molecule has 10 heteroatoms. The van der Waals surface area contributed by atoms with Crippen LogP contribution >= 0.6 is 0 Å². The van der Waals surface area contributed by atoms with Crippen LogP contribution < -0.4 is 11.1 Å². The van der Waals surface area contributed by atoms with Gasteiger partial charge in [-0.2, -0.15) is 0 Å². The number of carbonyl (C=O) groups excluding carboxylic acids is 1. The van der Waals surface area contributed by atoms with Crippen molar-refractivity contribution < 1.29 is 29.4 Å². The topological polar surface area (TPSA) is 154 Å². The van der Waals surface area contributed by atoms with Gasteiger partial charge < -0.3 is 25.7 Å². The molecule has 0 heterocycles. The van der Waals surface area contributed by atoms with Crippen molar-refractivity contribution in [1.29, 1.82) is 0 Å². The van der Waals surface area contributed by atoms with Gasteiger partial charge in [-0.15, -0.1) is 10.1 Å². The molecule has 0 fully saturated rings. The number of amides is 1. The maximum absolute atomic E-state index is 11.8. The molecule has 0 saturated heterocycles. The molecule has 0 spiro atoms. The third kappa shape index (κ3) is 10.3. The van der Waals surface area contributed by atoms with E-state index in [0.29, 0.717) is 18.4 Å². The van der Waals surface area contributed by atoms with Gasteiger partial charge in [0.05, 0.1) is 0 Å². The van der Waals surface area contributed by atoms with E-state index in [9.17, 15) is 19.7 Å². The molecule has 29 heavy (non-hydrogen) atoms. The van der Waals surface area contributed by atoms with Crippen molar-refractivity contribution in [2.45, 2.75) is 58.3 Å². The molecule has 0 aliphatic carbocycles. The second kappa shape index (κ2) is 11.2. The predicted octanol–water partition coefficient (Wildman–Crippen LogP) is 2.27. The SMILES string of the molecule is CC(C)(C)OC(=O)NCCC(Cc1ccccc1CO[N+](=O)[O-])CC(N)C(=O)O. The average Bonchev–Trinajstić information content (AvgIpc) is 2.59. The summed E-state index contributed by atoms with van der Waals surface area (Å²) in [6.07, 6.45) is 0.535. The zero-order valence-electron chi connectivity index (χ0n) is 16.9. The zero-order valence-corrected chi connectivity index (χ0v) is 16.9. The Hall–Kier alpha value is -2.88. The molecule has 1 amide bonds. The van der Waals surface area contributed by atoms with Crippen LogP contribution in [0.3, 0.4) is 0 Å². The largest absolute Gasteiger partial charge is 0.480 e. The summed E-state index contributed by atoms with van der Waals surface area (Å²) in [5, 5.41) is 21.4. The highest BCUT2D eigenvalue weighted by molar-refractivity contribution is 5.73. The van der Waals surface area contributed by atoms with E-state index in [2.05, 4.69) is 10.2 Å². The molecular weight excluding hydrogens is 382 g/mol. The van der Waals surface area contributed by atoms with Crippen molar-refractivity contribution in [3.05, 3.63) is 45.5 Å². The molecule has 4 N–H and O–H groups in total. The molecule has 1 aromatic rings. The lowest BCUT2D eigenvalue weighted by atomic mass is 9.88. The van der Waals surface area contributed by atoms with E-state index in [1.807, 2.05) is 0 Å². The predicted molar refractivity (Wildman–Crippen MR) is 105 cm³/mol. The Labute approximate surface area is 169 Å². The smallest absolute Gasteiger partial charge is 0.407 e. The van der Waals surface area contributed by atoms with E-state index in [0.717, 1.165) is 5.56 Å². The van der Waals surface area contributed by atoms with Gasteiger partial charge in [-0.05, 0) is 57.1 Å². The standard InChI is InChI=1S/C19H29N3O7/c1-19(2,3)29-18(25)21-9-8-13(11-16(20)17(23)24)10-14-6-4-5-7-15(14)12-28-22(26)27/h4-7,13,16H,8-12,20H2,1-3H3,(H,21,25)(H,23,24). The third-order valence-corrected chi connectivity index (χ3v) is 4.08. The van der Waals surface area contributed by atoms with Crippen LogP contribution in [0.2, 0.25) is 0 Å². The number of carbonyl (C=O) groups is 2. The first-order valence-corrected chi connectivity index (χ1v) is 9.27. The van der Waals surface area contributed by atoms with Crippen LogP contribution in [0.4, 0.5) is 4.79 Å². The van der Waals surface area contributed by atoms with Gasteiger partial charge in [0.1, 0.15) is 18.2 Å². The molecule has 162 valence electrons. The summed E-state index contributed by atoms with van der Waals surface area (Å²) < 4.78 is 5.18. The first-order valence-electron chi connectivity index (χ1n) is 9.27. The Bertz CT molecular complexity index is 703. The van der Waals surface area contributed by atoms with Gasteiger partial charge in [-0.1, -0.05) is 24.3 Å². The van der Waals surface area contributed by atoms with Crippen LogP contribution in [-0.4, -0.2) is 40.4 Å². The number of rotatable bonds is 11. The minimum absolute atomic E-state index is 0.173. The number of hydrogen-bond donors (Lipinski definition) is 3. The summed E-state index contributed by atoms with van der Waals surface area (Å²) in [5.74, 6) is -1.28. The van der Waals surface area contributed by atoms with Crippen molar-refractivity contribution in [2.75, 3.05) is 6.54 Å². The first-order chi connectivity index (χ1) is 13.5. The van der Waals surface area contributed by atoms with Crippen LogP contribution in [0.25, 0.3) is 0 Å². The first kappa shape index (κ1) is 24.2. The molecule has 2 atom stereocenters. The molecule has 1 rings (SSSR count). The third-order valence-electron chi connectivity index (χ3n) is 4.08. The van der Waals surface area contributed by atoms with Crippen LogP contribution in [0.1, 0.15) is 44.7 Å². The van der Waals surface area contributed by atoms with Crippen molar-refractivity contribution in [1.82, 2.24) is 5.32 Å². The molecule has 0 radical (unpaired) electrons. The summed E-state index contributed by atoms with van der Waals surface area (Å²) in [6.45, 7) is 5.35. The summed E-state index contributed by atoms with van der Waals surface area (Å²) in [4.78, 5) is 37.9. The van der Waals surface area contributed by atoms with E-state index >= 15 is 0 Å². The number of carboxylic acids is 1. The van der Waals surface area contributed by atoms with Gasteiger partial charge in [0.2, 0.25) is 0 Å². The molecular formula is C19H29N3O7. The quantitative estimate of drug-likeness (QED) is 0.370. The fourth-order valence-electron chi connectivity index (χ4n) is 2.79. The minimum atomic E-state index is -1.11. The van der Waals surface area contributed by atoms with Gasteiger partial charge in [-0.25, -0.2) is 4.79 Å². The minimum Gasteiger partial charge on any atom is -0.480 e. The highest BCUT2D eigenvalue weighted by Gasteiger charge is 2.21. The molecule has 2 unspecified atom stereocenters. The van der Waals surface area contributed by atoms with E-state index in [-0.39, 0.29) is 25.5 Å². The molecule has 0 bridgehead atoms. The highest BCUT2D eigenvalue weighted by atomic mass is 16.9. The lowest BCUT2D eigenvalue weighted by Gasteiger charge is -2.22. The fraction of sp³-hybridized carbons (Fsp3) is 0.579. The maximum Gasteiger partial charge on any atom is 0.407 e. The number of nitrogens with zero attached hydrogens (tertiary/aromatic N) is 1. The van der Waals surface area contributed by atoms with Crippen LogP contribution in [0.5, 0.6) is 0 Å². The highest BCUT2D eigenvalue weighted by Crippen LogP contribution is 2.21. The van der Waals surface area contributed by atoms with Crippen LogP contribution in [-0.2, 0) is 27.4 Å². The summed E-state index contributed by atoms with van der Waals surface area (Å²) in [7, 11) is 0. The normalized spacial score (nSPS) is 13.2. The van der Waals surface area contributed by atoms with Crippen molar-refractivity contribution in [3.63, 3.8) is 0 Å². The Balaban J connectivity index is 2.79. The molecule has 0 saturated carbocycles. The molecule has 1 aromatic carbocycles. The van der Waals surface area contributed by atoms with Crippen LogP contribution in [0.15, 0.2) is 24.3 Å². The Morgan fingerprint density at radius 2 is 1.90 bits per heavy atom. The van der Waals surface area contributed by atoms with E-state index in [1.54, 1.807) is 45.0 Å². The Morgan fingerprint density at radius 1 is 1.28 bits per heavy atom. The van der Waals surface area contributed by atoms with Gasteiger partial charge in [0.15, 0.2) is 0 Å². The number of alkyl carbamates (subject to hydrolysis) is 1. The maximum atomic E-state index is 11.8. The van der Waals surface area contributed by atoms with Crippen molar-refractivity contribution >= 4 is 12.1 Å². The monoisotopic (exact) mass is 411 g/mol. The van der Waals surface area contributed by atoms with E-state index in [4.69, 9.17) is 15.6 Å². The second-order valence-corrected chi connectivity index (χ2v) is 7.73. The molecule has 10 nitrogen and oxygen atoms in total. The number of ether oxygens (including phenoxy) is 1. The second-order valence-electron chi connectivity index (χ2n) is 7.73. The number of carboxylic acid groups (broad SMARTS) is 1. The summed E-state index contributed by atoms with van der Waals surface area (Å²) in [6, 6.07) is 6.00. The summed E-state index contributed by atoms with van der Waals surface area (Å²) >= 11 is 0. The number of nitrogens with two attached hydrogens (primary N) is 1. The number of aliphatic carboxylic acids is 1. The Morgan fingerprint density at radius 3 is 2.45 bits per heavy atom. The van der Waals surface area contributed by atoms with Gasteiger partial charge in [-0.3, -0.25) is 4.79 Å². The summed E-state index contributed by atoms with van der Waals surface area (Å²) in [5.41, 5.74) is 6.51. The van der Waals surface area contributed by atoms with Crippen molar-refractivity contribution in [2.24, 2.45) is 11.7 Å². The van der Waals surface area contributed by atoms with E-state index in [1.165, 1.54) is 0 Å². The number of nitrogens with one attached hydrogen (secondary N) is 1. The molecule has 0 aliphatic heterocycles. The van der Waals surface area contributed by atoms with E-state index < -0.39 is 28.8 Å². The molecule has 0 aliphatic rings. The Kier molecular flexibility index (Phi) is 9.33. The number of benzene rings is 1. The average molecular weight is 411 g/mol. The van der Waals surface area contributed by atoms with Gasteiger partial charge >= 0.3 is 12.1 Å². The lowest BCUT2D eigenvalue weighted by molar-refractivity contribution is -0.763. The molecule has 0 aromatic heterocycles. The fourth-order valence-corrected chi connectivity index (χ4v) is 2.79. The van der Waals surface area contributed by atoms with Gasteiger partial charge in [0, 0.05) is 6.54 Å². The van der Waals surface area contributed by atoms with Crippen molar-refractivity contribution in [3.8, 4) is 0 Å². The zero-order chi connectivity index (χ0) is 22.0.